The summed E-state index contributed by atoms with van der Waals surface area (Å²) < 4.78 is 20.7. The van der Waals surface area contributed by atoms with Gasteiger partial charge < -0.3 is 29.2 Å². The molecule has 1 aliphatic heterocycles. The van der Waals surface area contributed by atoms with Gasteiger partial charge in [0, 0.05) is 25.3 Å². The Kier molecular flexibility index (Phi) is 7.72. The molecule has 0 spiro atoms. The van der Waals surface area contributed by atoms with Gasteiger partial charge in [-0.25, -0.2) is 0 Å². The van der Waals surface area contributed by atoms with Crippen molar-refractivity contribution < 1.29 is 38.7 Å². The number of carbonyl (C=O) groups excluding carboxylic acids is 2. The molecule has 0 aromatic carbocycles. The van der Waals surface area contributed by atoms with Crippen molar-refractivity contribution in [3.8, 4) is 0 Å². The minimum absolute atomic E-state index is 0.00622. The van der Waals surface area contributed by atoms with Crippen molar-refractivity contribution in [1.82, 2.24) is 0 Å². The van der Waals surface area contributed by atoms with E-state index in [2.05, 4.69) is 10.0 Å². The molecular formula is C12H19N3O8. The van der Waals surface area contributed by atoms with E-state index in [4.69, 9.17) is 24.5 Å². The van der Waals surface area contributed by atoms with Crippen LogP contribution in [0.1, 0.15) is 13.8 Å². The van der Waals surface area contributed by atoms with Crippen LogP contribution >= 0.6 is 0 Å². The summed E-state index contributed by atoms with van der Waals surface area (Å²) in [6, 6.07) is 0. The minimum Gasteiger partial charge on any atom is -0.455 e. The Hall–Kier alpha value is -1.91. The van der Waals surface area contributed by atoms with Crippen molar-refractivity contribution >= 4 is 11.9 Å². The summed E-state index contributed by atoms with van der Waals surface area (Å²) in [7, 11) is 0. The highest BCUT2D eigenvalue weighted by atomic mass is 16.7. The molecule has 2 N–H and O–H groups in total. The Morgan fingerprint density at radius 2 is 1.87 bits per heavy atom. The number of carbonyl (C=O) groups is 2. The number of azide groups is 1. The van der Waals surface area contributed by atoms with Gasteiger partial charge in [-0.15, -0.1) is 0 Å². The largest absolute Gasteiger partial charge is 0.455 e. The van der Waals surface area contributed by atoms with Crippen molar-refractivity contribution in [3.05, 3.63) is 10.4 Å². The maximum Gasteiger partial charge on any atom is 0.303 e. The van der Waals surface area contributed by atoms with Crippen LogP contribution in [-0.4, -0.2) is 72.6 Å². The number of esters is 2. The number of nitrogens with zero attached hydrogens (tertiary/aromatic N) is 3. The smallest absolute Gasteiger partial charge is 0.303 e. The van der Waals surface area contributed by atoms with Gasteiger partial charge in [-0.3, -0.25) is 9.59 Å². The third-order valence-electron chi connectivity index (χ3n) is 2.94. The molecule has 0 saturated carbocycles. The second kappa shape index (κ2) is 9.28. The van der Waals surface area contributed by atoms with Crippen LogP contribution in [0, 0.1) is 0 Å². The van der Waals surface area contributed by atoms with Gasteiger partial charge in [0.25, 0.3) is 0 Å². The van der Waals surface area contributed by atoms with Crippen molar-refractivity contribution in [2.45, 2.75) is 44.6 Å². The molecule has 11 heteroatoms. The molecule has 0 amide bonds. The molecule has 0 bridgehead atoms. The molecule has 11 nitrogen and oxygen atoms in total. The molecule has 1 saturated heterocycles. The Bertz CT molecular complexity index is 467. The van der Waals surface area contributed by atoms with Crippen LogP contribution in [0.2, 0.25) is 0 Å². The number of aliphatic hydroxyl groups excluding tert-OH is 2. The lowest BCUT2D eigenvalue weighted by Gasteiger charge is -2.42. The maximum atomic E-state index is 11.3. The van der Waals surface area contributed by atoms with E-state index in [-0.39, 0.29) is 13.2 Å². The van der Waals surface area contributed by atoms with Gasteiger partial charge in [0.1, 0.15) is 12.2 Å². The second-order valence-electron chi connectivity index (χ2n) is 4.69. The Labute approximate surface area is 131 Å². The van der Waals surface area contributed by atoms with Crippen LogP contribution in [0.4, 0.5) is 0 Å². The van der Waals surface area contributed by atoms with Crippen LogP contribution in [0.15, 0.2) is 5.11 Å². The van der Waals surface area contributed by atoms with Crippen molar-refractivity contribution in [2.24, 2.45) is 5.11 Å². The van der Waals surface area contributed by atoms with Gasteiger partial charge in [0.05, 0.1) is 13.2 Å². The van der Waals surface area contributed by atoms with E-state index >= 15 is 0 Å². The Morgan fingerprint density at radius 3 is 2.39 bits per heavy atom. The number of hydrogen-bond donors (Lipinski definition) is 2. The van der Waals surface area contributed by atoms with Crippen molar-refractivity contribution in [2.75, 3.05) is 19.8 Å². The molecule has 0 radical (unpaired) electrons. The molecule has 5 atom stereocenters. The van der Waals surface area contributed by atoms with Crippen LogP contribution in [0.3, 0.4) is 0 Å². The average molecular weight is 333 g/mol. The van der Waals surface area contributed by atoms with Crippen LogP contribution in [0.5, 0.6) is 0 Å². The van der Waals surface area contributed by atoms with Crippen LogP contribution in [-0.2, 0) is 28.5 Å². The molecule has 1 rings (SSSR count). The first-order chi connectivity index (χ1) is 10.9. The number of aliphatic hydroxyl groups is 2. The Morgan fingerprint density at radius 1 is 1.26 bits per heavy atom. The number of rotatable bonds is 7. The molecule has 0 aromatic heterocycles. The number of ether oxygens (including phenoxy) is 4. The van der Waals surface area contributed by atoms with Gasteiger partial charge in [0.15, 0.2) is 18.5 Å². The fourth-order valence-electron chi connectivity index (χ4n) is 2.07. The van der Waals surface area contributed by atoms with Gasteiger partial charge >= 0.3 is 11.9 Å². The summed E-state index contributed by atoms with van der Waals surface area (Å²) in [5.74, 6) is -1.41. The van der Waals surface area contributed by atoms with E-state index in [9.17, 15) is 19.8 Å². The normalized spacial score (nSPS) is 30.2. The third-order valence-corrected chi connectivity index (χ3v) is 2.94. The summed E-state index contributed by atoms with van der Waals surface area (Å²) in [6.07, 6.45) is -6.23. The summed E-state index contributed by atoms with van der Waals surface area (Å²) in [4.78, 5) is 25.0. The molecule has 0 unspecified atom stereocenters. The van der Waals surface area contributed by atoms with E-state index < -0.39 is 49.3 Å². The molecule has 130 valence electrons. The first-order valence-corrected chi connectivity index (χ1v) is 6.82. The predicted octanol–water partition coefficient (Wildman–Crippen LogP) is -0.745. The lowest BCUT2D eigenvalue weighted by Crippen LogP contribution is -2.61. The average Bonchev–Trinajstić information content (AvgIpc) is 2.48. The molecule has 1 aliphatic rings. The van der Waals surface area contributed by atoms with E-state index in [0.717, 1.165) is 13.8 Å². The van der Waals surface area contributed by atoms with Crippen LogP contribution < -0.4 is 0 Å². The lowest BCUT2D eigenvalue weighted by molar-refractivity contribution is -0.305. The molecule has 1 fully saturated rings. The quantitative estimate of drug-likeness (QED) is 0.202. The molecule has 0 aliphatic carbocycles. The standard InChI is InChI=1S/C12H19N3O8/c1-6(17)21-10-9(19)8(5-16)23-12(11(10)22-7(2)18)20-4-3-14-15-13/h8-12,16,19H,3-5H2,1-2H3/t8-,9-,10+,11-,12-/m1/s1. The number of hydrogen-bond acceptors (Lipinski definition) is 9. The van der Waals surface area contributed by atoms with Gasteiger partial charge in [-0.05, 0) is 5.53 Å². The monoisotopic (exact) mass is 333 g/mol. The summed E-state index contributed by atoms with van der Waals surface area (Å²) in [5, 5.41) is 22.6. The van der Waals surface area contributed by atoms with Crippen molar-refractivity contribution in [3.63, 3.8) is 0 Å². The summed E-state index contributed by atoms with van der Waals surface area (Å²) in [6.45, 7) is 1.62. The summed E-state index contributed by atoms with van der Waals surface area (Å²) in [5.41, 5.74) is 8.21. The predicted molar refractivity (Wildman–Crippen MR) is 72.8 cm³/mol. The topological polar surface area (TPSA) is 160 Å². The minimum atomic E-state index is -1.41. The molecule has 1 heterocycles. The van der Waals surface area contributed by atoms with Crippen LogP contribution in [0.25, 0.3) is 10.4 Å². The third kappa shape index (κ3) is 5.66. The van der Waals surface area contributed by atoms with Gasteiger partial charge in [-0.1, -0.05) is 5.11 Å². The first-order valence-electron chi connectivity index (χ1n) is 6.82. The fourth-order valence-corrected chi connectivity index (χ4v) is 2.07. The second-order valence-corrected chi connectivity index (χ2v) is 4.69. The summed E-state index contributed by atoms with van der Waals surface area (Å²) >= 11 is 0. The Balaban J connectivity index is 2.93. The fraction of sp³-hybridized carbons (Fsp3) is 0.833. The van der Waals surface area contributed by atoms with E-state index in [0.29, 0.717) is 0 Å². The zero-order chi connectivity index (χ0) is 17.4. The lowest BCUT2D eigenvalue weighted by atomic mass is 9.98. The maximum absolute atomic E-state index is 11.3. The molecule has 0 aromatic rings. The highest BCUT2D eigenvalue weighted by molar-refractivity contribution is 5.67. The zero-order valence-corrected chi connectivity index (χ0v) is 12.7. The van der Waals surface area contributed by atoms with Gasteiger partial charge in [0.2, 0.25) is 0 Å². The highest BCUT2D eigenvalue weighted by Crippen LogP contribution is 2.27. The van der Waals surface area contributed by atoms with E-state index in [1.54, 1.807) is 0 Å². The SMILES string of the molecule is CC(=O)O[C@H]1[C@H](OCCN=[N+]=[N-])O[C@H](CO)[C@@H](O)[C@@H]1OC(C)=O. The first kappa shape index (κ1) is 19.1. The van der Waals surface area contributed by atoms with Gasteiger partial charge in [-0.2, -0.15) is 0 Å². The molecule has 23 heavy (non-hydrogen) atoms. The zero-order valence-electron chi connectivity index (χ0n) is 12.7. The van der Waals surface area contributed by atoms with Crippen molar-refractivity contribution in [1.29, 1.82) is 0 Å². The van der Waals surface area contributed by atoms with E-state index in [1.807, 2.05) is 0 Å². The molecular weight excluding hydrogens is 314 g/mol. The highest BCUT2D eigenvalue weighted by Gasteiger charge is 2.49. The van der Waals surface area contributed by atoms with E-state index in [1.165, 1.54) is 0 Å².